The topological polar surface area (TPSA) is 43.6 Å². The number of rotatable bonds is 3. The van der Waals surface area contributed by atoms with E-state index in [1.54, 1.807) is 0 Å². The predicted molar refractivity (Wildman–Crippen MR) is 58.8 cm³/mol. The first-order valence-electron chi connectivity index (χ1n) is 5.62. The molecule has 4 nitrogen and oxygen atoms in total. The van der Waals surface area contributed by atoms with Gasteiger partial charge in [0, 0.05) is 0 Å². The minimum Gasteiger partial charge on any atom is -0.225 e. The molecule has 15 heavy (non-hydrogen) atoms. The summed E-state index contributed by atoms with van der Waals surface area (Å²) >= 11 is 6.04. The molecule has 0 aromatic carbocycles. The van der Waals surface area contributed by atoms with Crippen LogP contribution in [0.3, 0.4) is 0 Å². The predicted octanol–water partition coefficient (Wildman–Crippen LogP) is 2.72. The Morgan fingerprint density at radius 2 is 2.00 bits per heavy atom. The van der Waals surface area contributed by atoms with Crippen molar-refractivity contribution < 1.29 is 0 Å². The van der Waals surface area contributed by atoms with Crippen LogP contribution in [-0.4, -0.2) is 20.2 Å². The highest BCUT2D eigenvalue weighted by molar-refractivity contribution is 6.20. The summed E-state index contributed by atoms with van der Waals surface area (Å²) in [4.78, 5) is 0. The molecular formula is C10H17ClN4. The fraction of sp³-hybridized carbons (Fsp3) is 0.900. The van der Waals surface area contributed by atoms with Crippen LogP contribution in [0.5, 0.6) is 0 Å². The zero-order chi connectivity index (χ0) is 10.8. The molecule has 0 radical (unpaired) electrons. The molecule has 0 amide bonds. The monoisotopic (exact) mass is 228 g/mol. The molecule has 1 saturated carbocycles. The van der Waals surface area contributed by atoms with E-state index in [1.807, 2.05) is 11.6 Å². The van der Waals surface area contributed by atoms with Crippen molar-refractivity contribution in [1.29, 1.82) is 0 Å². The number of hydrogen-bond acceptors (Lipinski definition) is 3. The molecule has 0 saturated heterocycles. The van der Waals surface area contributed by atoms with Crippen LogP contribution in [0.4, 0.5) is 0 Å². The number of tetrazole rings is 1. The molecule has 84 valence electrons. The Hall–Kier alpha value is -0.640. The minimum absolute atomic E-state index is 0.121. The molecule has 1 fully saturated rings. The Labute approximate surface area is 95.0 Å². The number of halogens is 1. The number of alkyl halides is 1. The van der Waals surface area contributed by atoms with Gasteiger partial charge in [-0.1, -0.05) is 12.8 Å². The fourth-order valence-electron chi connectivity index (χ4n) is 2.39. The van der Waals surface area contributed by atoms with E-state index in [1.165, 1.54) is 25.7 Å². The zero-order valence-corrected chi connectivity index (χ0v) is 9.98. The Kier molecular flexibility index (Phi) is 3.24. The SMILES string of the molecule is CC(Cl)c1nnnn1C(C)C1CCCC1. The van der Waals surface area contributed by atoms with Crippen LogP contribution < -0.4 is 0 Å². The Bertz CT molecular complexity index is 317. The van der Waals surface area contributed by atoms with Crippen LogP contribution in [-0.2, 0) is 0 Å². The summed E-state index contributed by atoms with van der Waals surface area (Å²) in [6, 6.07) is 0.374. The first-order valence-corrected chi connectivity index (χ1v) is 6.05. The van der Waals surface area contributed by atoms with E-state index in [2.05, 4.69) is 22.4 Å². The second-order valence-corrected chi connectivity index (χ2v) is 5.04. The van der Waals surface area contributed by atoms with E-state index >= 15 is 0 Å². The third kappa shape index (κ3) is 2.14. The standard InChI is InChI=1S/C10H17ClN4/c1-7(11)10-12-13-14-15(10)8(2)9-5-3-4-6-9/h7-9H,3-6H2,1-2H3. The van der Waals surface area contributed by atoms with Gasteiger partial charge in [0.1, 0.15) is 0 Å². The van der Waals surface area contributed by atoms with Crippen molar-refractivity contribution in [2.45, 2.75) is 50.9 Å². The molecule has 1 aromatic heterocycles. The summed E-state index contributed by atoms with van der Waals surface area (Å²) in [5.41, 5.74) is 0. The molecule has 1 heterocycles. The van der Waals surface area contributed by atoms with Crippen molar-refractivity contribution in [2.75, 3.05) is 0 Å². The number of hydrogen-bond donors (Lipinski definition) is 0. The van der Waals surface area contributed by atoms with Gasteiger partial charge < -0.3 is 0 Å². The van der Waals surface area contributed by atoms with Gasteiger partial charge in [0.05, 0.1) is 11.4 Å². The lowest BCUT2D eigenvalue weighted by molar-refractivity contribution is 0.321. The largest absolute Gasteiger partial charge is 0.225 e. The van der Waals surface area contributed by atoms with Crippen molar-refractivity contribution in [3.8, 4) is 0 Å². The molecule has 2 unspecified atom stereocenters. The van der Waals surface area contributed by atoms with Gasteiger partial charge in [-0.3, -0.25) is 0 Å². The fourth-order valence-corrected chi connectivity index (χ4v) is 2.54. The summed E-state index contributed by atoms with van der Waals surface area (Å²) < 4.78 is 1.90. The van der Waals surface area contributed by atoms with Crippen LogP contribution in [0, 0.1) is 5.92 Å². The highest BCUT2D eigenvalue weighted by Crippen LogP contribution is 2.34. The quantitative estimate of drug-likeness (QED) is 0.748. The van der Waals surface area contributed by atoms with Gasteiger partial charge in [-0.2, -0.15) is 0 Å². The van der Waals surface area contributed by atoms with Gasteiger partial charge in [-0.15, -0.1) is 16.7 Å². The van der Waals surface area contributed by atoms with E-state index in [4.69, 9.17) is 11.6 Å². The lowest BCUT2D eigenvalue weighted by atomic mass is 10.00. The van der Waals surface area contributed by atoms with Crippen molar-refractivity contribution in [3.05, 3.63) is 5.82 Å². The Morgan fingerprint density at radius 3 is 2.60 bits per heavy atom. The van der Waals surface area contributed by atoms with Crippen molar-refractivity contribution >= 4 is 11.6 Å². The minimum atomic E-state index is -0.121. The zero-order valence-electron chi connectivity index (χ0n) is 9.23. The third-order valence-corrected chi connectivity index (χ3v) is 3.54. The van der Waals surface area contributed by atoms with E-state index in [9.17, 15) is 0 Å². The summed E-state index contributed by atoms with van der Waals surface area (Å²) in [6.07, 6.45) is 5.25. The molecule has 1 aliphatic carbocycles. The molecule has 2 atom stereocenters. The first-order chi connectivity index (χ1) is 7.20. The van der Waals surface area contributed by atoms with Crippen LogP contribution in [0.25, 0.3) is 0 Å². The maximum absolute atomic E-state index is 6.04. The van der Waals surface area contributed by atoms with E-state index in [0.717, 1.165) is 5.82 Å². The first kappa shape index (κ1) is 10.9. The second kappa shape index (κ2) is 4.47. The maximum Gasteiger partial charge on any atom is 0.169 e. The lowest BCUT2D eigenvalue weighted by Crippen LogP contribution is -2.18. The van der Waals surface area contributed by atoms with Gasteiger partial charge in [-0.05, 0) is 43.0 Å². The molecule has 2 rings (SSSR count). The van der Waals surface area contributed by atoms with E-state index in [-0.39, 0.29) is 5.38 Å². The summed E-state index contributed by atoms with van der Waals surface area (Å²) in [6.45, 7) is 4.10. The summed E-state index contributed by atoms with van der Waals surface area (Å²) in [5.74, 6) is 1.50. The average Bonchev–Trinajstić information content (AvgIpc) is 2.88. The highest BCUT2D eigenvalue weighted by Gasteiger charge is 2.26. The molecule has 5 heteroatoms. The van der Waals surface area contributed by atoms with Crippen LogP contribution >= 0.6 is 11.6 Å². The molecule has 0 N–H and O–H groups in total. The molecule has 0 aliphatic heterocycles. The number of nitrogens with zero attached hydrogens (tertiary/aromatic N) is 4. The Balaban J connectivity index is 2.16. The lowest BCUT2D eigenvalue weighted by Gasteiger charge is -2.20. The molecule has 1 aromatic rings. The maximum atomic E-state index is 6.04. The van der Waals surface area contributed by atoms with Crippen LogP contribution in [0.2, 0.25) is 0 Å². The van der Waals surface area contributed by atoms with Gasteiger partial charge in [0.2, 0.25) is 0 Å². The molecule has 0 bridgehead atoms. The highest BCUT2D eigenvalue weighted by atomic mass is 35.5. The van der Waals surface area contributed by atoms with E-state index in [0.29, 0.717) is 12.0 Å². The second-order valence-electron chi connectivity index (χ2n) is 4.38. The average molecular weight is 229 g/mol. The molecule has 1 aliphatic rings. The van der Waals surface area contributed by atoms with Crippen molar-refractivity contribution in [1.82, 2.24) is 20.2 Å². The summed E-state index contributed by atoms with van der Waals surface area (Å²) in [7, 11) is 0. The summed E-state index contributed by atoms with van der Waals surface area (Å²) in [5, 5.41) is 11.6. The number of aromatic nitrogens is 4. The van der Waals surface area contributed by atoms with Crippen LogP contribution in [0.15, 0.2) is 0 Å². The van der Waals surface area contributed by atoms with Crippen LogP contribution in [0.1, 0.15) is 56.8 Å². The smallest absolute Gasteiger partial charge is 0.169 e. The van der Waals surface area contributed by atoms with Crippen molar-refractivity contribution in [2.24, 2.45) is 5.92 Å². The van der Waals surface area contributed by atoms with Gasteiger partial charge in [0.15, 0.2) is 5.82 Å². The normalized spacial score (nSPS) is 21.8. The third-order valence-electron chi connectivity index (χ3n) is 3.34. The molecule has 0 spiro atoms. The Morgan fingerprint density at radius 1 is 1.33 bits per heavy atom. The van der Waals surface area contributed by atoms with E-state index < -0.39 is 0 Å². The van der Waals surface area contributed by atoms with Gasteiger partial charge in [0.25, 0.3) is 0 Å². The van der Waals surface area contributed by atoms with Crippen molar-refractivity contribution in [3.63, 3.8) is 0 Å². The van der Waals surface area contributed by atoms with Gasteiger partial charge >= 0.3 is 0 Å². The molecular weight excluding hydrogens is 212 g/mol. The van der Waals surface area contributed by atoms with Gasteiger partial charge in [-0.25, -0.2) is 4.68 Å².